The summed E-state index contributed by atoms with van der Waals surface area (Å²) in [6, 6.07) is 14.6. The van der Waals surface area contributed by atoms with Gasteiger partial charge in [0.2, 0.25) is 0 Å². The number of rotatable bonds is 14. The Bertz CT molecular complexity index is 1260. The monoisotopic (exact) mass is 745 g/mol. The van der Waals surface area contributed by atoms with Crippen LogP contribution in [0.1, 0.15) is 117 Å². The summed E-state index contributed by atoms with van der Waals surface area (Å²) >= 11 is -0.540. The molecule has 250 valence electrons. The average Bonchev–Trinajstić information content (AvgIpc) is 2.99. The van der Waals surface area contributed by atoms with Gasteiger partial charge in [0, 0.05) is 0 Å². The molecule has 1 N–H and O–H groups in total. The van der Waals surface area contributed by atoms with E-state index in [1.54, 1.807) is 3.58 Å². The molecule has 0 bridgehead atoms. The van der Waals surface area contributed by atoms with Gasteiger partial charge in [-0.1, -0.05) is 0 Å². The minimum absolute atomic E-state index is 0.385. The molecule has 0 saturated carbocycles. The van der Waals surface area contributed by atoms with E-state index in [1.807, 2.05) is 46.4 Å². The summed E-state index contributed by atoms with van der Waals surface area (Å²) < 4.78 is 24.0. The van der Waals surface area contributed by atoms with Gasteiger partial charge in [0.25, 0.3) is 0 Å². The molecule has 2 heterocycles. The number of aryl methyl sites for hydroxylation is 1. The Hall–Kier alpha value is -1.22. The maximum atomic E-state index is 12.8. The van der Waals surface area contributed by atoms with Gasteiger partial charge in [0.1, 0.15) is 5.60 Å². The summed E-state index contributed by atoms with van der Waals surface area (Å²) in [6.45, 7) is 17.3. The van der Waals surface area contributed by atoms with Crippen molar-refractivity contribution in [3.63, 3.8) is 0 Å². The Labute approximate surface area is 282 Å². The average molecular weight is 745 g/mol. The van der Waals surface area contributed by atoms with Crippen molar-refractivity contribution in [3.05, 3.63) is 53.1 Å². The summed E-state index contributed by atoms with van der Waals surface area (Å²) in [5.74, 6) is -0.666. The summed E-state index contributed by atoms with van der Waals surface area (Å²) in [4.78, 5) is 15.6. The number of fused-ring (bicyclic) bond motifs is 2. The summed E-state index contributed by atoms with van der Waals surface area (Å²) in [6.07, 6.45) is 10.2. The van der Waals surface area contributed by atoms with E-state index in [2.05, 4.69) is 62.5 Å². The quantitative estimate of drug-likeness (QED) is 0.167. The van der Waals surface area contributed by atoms with Crippen LogP contribution in [0.25, 0.3) is 0 Å². The van der Waals surface area contributed by atoms with Crippen molar-refractivity contribution >= 4 is 39.8 Å². The SMILES string of the molecule is CCC[CH2][Sn]([CH2]CCC)([CH2]CCC)[c]1ccc2c(c1)Cc1ccc(CCC3(NC(=O)OC(C)(C)C)COC(C)(C)OC3)cc1S2. The molecule has 0 radical (unpaired) electrons. The number of carbonyl (C=O) groups excluding carboxylic acids is 1. The third-order valence-corrected chi connectivity index (χ3v) is 26.3. The van der Waals surface area contributed by atoms with Gasteiger partial charge in [-0.25, -0.2) is 4.79 Å². The molecule has 1 amide bonds. The zero-order chi connectivity index (χ0) is 32.7. The van der Waals surface area contributed by atoms with Gasteiger partial charge in [0.15, 0.2) is 5.79 Å². The Balaban J connectivity index is 1.51. The zero-order valence-electron chi connectivity index (χ0n) is 29.4. The first-order chi connectivity index (χ1) is 21.3. The van der Waals surface area contributed by atoms with Crippen molar-refractivity contribution in [1.82, 2.24) is 5.32 Å². The molecular weight excluding hydrogens is 685 g/mol. The summed E-state index contributed by atoms with van der Waals surface area (Å²) in [5, 5.41) is 3.12. The van der Waals surface area contributed by atoms with Gasteiger partial charge >= 0.3 is 219 Å². The molecule has 7 heteroatoms. The molecule has 0 atom stereocenters. The molecule has 2 aliphatic rings. The molecule has 5 nitrogen and oxygen atoms in total. The van der Waals surface area contributed by atoms with Crippen molar-refractivity contribution in [2.24, 2.45) is 0 Å². The second-order valence-electron chi connectivity index (χ2n) is 15.0. The summed E-state index contributed by atoms with van der Waals surface area (Å²) in [5.41, 5.74) is 3.01. The minimum atomic E-state index is -2.47. The number of amides is 1. The first-order valence-corrected chi connectivity index (χ1v) is 25.8. The zero-order valence-corrected chi connectivity index (χ0v) is 33.1. The molecule has 0 aliphatic carbocycles. The molecule has 1 saturated heterocycles. The molecule has 1 fully saturated rings. The molecule has 2 aliphatic heterocycles. The van der Waals surface area contributed by atoms with E-state index in [1.165, 1.54) is 78.3 Å². The fourth-order valence-corrected chi connectivity index (χ4v) is 23.9. The third-order valence-electron chi connectivity index (χ3n) is 9.48. The van der Waals surface area contributed by atoms with Gasteiger partial charge in [-0.05, 0) is 34.6 Å². The van der Waals surface area contributed by atoms with Gasteiger partial charge in [-0.3, -0.25) is 0 Å². The van der Waals surface area contributed by atoms with E-state index in [4.69, 9.17) is 14.2 Å². The van der Waals surface area contributed by atoms with Crippen molar-refractivity contribution in [3.8, 4) is 0 Å². The molecule has 4 rings (SSSR count). The van der Waals surface area contributed by atoms with Crippen LogP contribution in [0.3, 0.4) is 0 Å². The first kappa shape index (κ1) is 36.6. The standard InChI is InChI=1S/C26H32NO4S.3C4H9.Sn/c1-24(2,3)31-23(28)27-26(16-29-25(4,5)30-17-26)13-12-18-10-11-20-15-19-8-6-7-9-21(19)32-22(20)14-18;3*1-3-4-2;/h7-11,14H,12-13,15-17H2,1-5H3,(H,27,28);3*1,3-4H2,2H3;. The fourth-order valence-electron chi connectivity index (χ4n) is 6.71. The maximum absolute atomic E-state index is 12.8. The number of benzene rings is 2. The van der Waals surface area contributed by atoms with Crippen LogP contribution in [-0.2, 0) is 27.1 Å². The predicted molar refractivity (Wildman–Crippen MR) is 191 cm³/mol. The Morgan fingerprint density at radius 2 is 1.51 bits per heavy atom. The van der Waals surface area contributed by atoms with Crippen LogP contribution < -0.4 is 8.90 Å². The van der Waals surface area contributed by atoms with Crippen LogP contribution in [0, 0.1) is 0 Å². The number of hydrogen-bond donors (Lipinski definition) is 1. The predicted octanol–water partition coefficient (Wildman–Crippen LogP) is 9.78. The number of hydrogen-bond acceptors (Lipinski definition) is 5. The van der Waals surface area contributed by atoms with Crippen molar-refractivity contribution in [2.45, 2.75) is 153 Å². The molecule has 2 aromatic rings. The third kappa shape index (κ3) is 10.1. The van der Waals surface area contributed by atoms with E-state index in [0.717, 1.165) is 12.8 Å². The van der Waals surface area contributed by atoms with Crippen LogP contribution in [-0.4, -0.2) is 54.6 Å². The number of ether oxygens (including phenoxy) is 3. The van der Waals surface area contributed by atoms with Gasteiger partial charge in [-0.2, -0.15) is 0 Å². The van der Waals surface area contributed by atoms with E-state index >= 15 is 0 Å². The first-order valence-electron chi connectivity index (χ1n) is 17.5. The van der Waals surface area contributed by atoms with Crippen LogP contribution in [0.15, 0.2) is 46.2 Å². The second-order valence-corrected chi connectivity index (χ2v) is 29.3. The number of nitrogens with one attached hydrogen (secondary N) is 1. The van der Waals surface area contributed by atoms with Gasteiger partial charge in [0.05, 0.1) is 0 Å². The number of carbonyl (C=O) groups is 1. The van der Waals surface area contributed by atoms with Crippen LogP contribution in [0.2, 0.25) is 13.3 Å². The van der Waals surface area contributed by atoms with Crippen LogP contribution in [0.4, 0.5) is 4.79 Å². The Morgan fingerprint density at radius 3 is 2.09 bits per heavy atom. The molecule has 2 aromatic carbocycles. The van der Waals surface area contributed by atoms with E-state index in [9.17, 15) is 4.79 Å². The van der Waals surface area contributed by atoms with Crippen LogP contribution >= 0.6 is 11.8 Å². The molecule has 0 unspecified atom stereocenters. The fraction of sp³-hybridized carbons (Fsp3) is 0.658. The Morgan fingerprint density at radius 1 is 0.889 bits per heavy atom. The van der Waals surface area contributed by atoms with E-state index in [-0.39, 0.29) is 0 Å². The Kier molecular flexibility index (Phi) is 12.8. The summed E-state index contributed by atoms with van der Waals surface area (Å²) in [7, 11) is 0. The molecular formula is C38H59NO4SSn. The van der Waals surface area contributed by atoms with Crippen molar-refractivity contribution in [1.29, 1.82) is 0 Å². The number of alkyl carbamates (subject to hydrolysis) is 1. The number of unbranched alkanes of at least 4 members (excludes halogenated alkanes) is 3. The van der Waals surface area contributed by atoms with Gasteiger partial charge in [-0.15, -0.1) is 0 Å². The van der Waals surface area contributed by atoms with Crippen LogP contribution in [0.5, 0.6) is 0 Å². The van der Waals surface area contributed by atoms with E-state index < -0.39 is 41.4 Å². The van der Waals surface area contributed by atoms with Gasteiger partial charge < -0.3 is 14.2 Å². The van der Waals surface area contributed by atoms with Crippen molar-refractivity contribution < 1.29 is 19.0 Å². The van der Waals surface area contributed by atoms with E-state index in [0.29, 0.717) is 19.6 Å². The van der Waals surface area contributed by atoms with Crippen molar-refractivity contribution in [2.75, 3.05) is 13.2 Å². The molecule has 0 aromatic heterocycles. The molecule has 45 heavy (non-hydrogen) atoms. The molecule has 0 spiro atoms. The normalized spacial score (nSPS) is 17.3. The topological polar surface area (TPSA) is 56.8 Å². The second kappa shape index (κ2) is 15.8.